The zero-order valence-electron chi connectivity index (χ0n) is 9.57. The van der Waals surface area contributed by atoms with E-state index in [1.807, 2.05) is 30.8 Å². The van der Waals surface area contributed by atoms with Crippen LogP contribution in [0.4, 0.5) is 0 Å². The van der Waals surface area contributed by atoms with Crippen LogP contribution in [0.1, 0.15) is 24.7 Å². The third kappa shape index (κ3) is 3.43. The molecule has 0 heterocycles. The number of hydrogen-bond donors (Lipinski definition) is 1. The fourth-order valence-electron chi connectivity index (χ4n) is 1.55. The van der Waals surface area contributed by atoms with Gasteiger partial charge in [-0.25, -0.2) is 0 Å². The molecule has 0 bridgehead atoms. The lowest BCUT2D eigenvalue weighted by Gasteiger charge is -2.20. The van der Waals surface area contributed by atoms with Crippen molar-refractivity contribution in [2.75, 3.05) is 12.9 Å². The van der Waals surface area contributed by atoms with Gasteiger partial charge in [0.15, 0.2) is 0 Å². The summed E-state index contributed by atoms with van der Waals surface area (Å²) in [5.41, 5.74) is 7.23. The Morgan fingerprint density at radius 3 is 2.73 bits per heavy atom. The molecule has 15 heavy (non-hydrogen) atoms. The zero-order chi connectivity index (χ0) is 11.3. The van der Waals surface area contributed by atoms with Crippen LogP contribution in [0.3, 0.4) is 0 Å². The summed E-state index contributed by atoms with van der Waals surface area (Å²) in [6.07, 6.45) is 0. The van der Waals surface area contributed by atoms with Gasteiger partial charge in [-0.15, -0.1) is 0 Å². The molecule has 0 spiro atoms. The number of thioether (sulfide) groups is 1. The zero-order valence-corrected chi connectivity index (χ0v) is 10.4. The molecule has 2 N–H and O–H groups in total. The number of rotatable bonds is 5. The van der Waals surface area contributed by atoms with Crippen LogP contribution in [-0.4, -0.2) is 18.9 Å². The Bertz CT molecular complexity index is 301. The second-order valence-corrected chi connectivity index (χ2v) is 4.93. The van der Waals surface area contributed by atoms with Crippen molar-refractivity contribution >= 4 is 11.8 Å². The predicted octanol–water partition coefficient (Wildman–Crippen LogP) is 2.84. The molecule has 0 fully saturated rings. The van der Waals surface area contributed by atoms with Crippen molar-refractivity contribution in [2.45, 2.75) is 25.1 Å². The molecule has 0 amide bonds. The molecule has 3 heteroatoms. The number of ether oxygens (including phenoxy) is 1. The lowest BCUT2D eigenvalue weighted by Crippen LogP contribution is -2.22. The summed E-state index contributed by atoms with van der Waals surface area (Å²) >= 11 is 1.88. The minimum absolute atomic E-state index is 0.155. The van der Waals surface area contributed by atoms with Gasteiger partial charge in [-0.2, -0.15) is 11.8 Å². The summed E-state index contributed by atoms with van der Waals surface area (Å²) < 4.78 is 5.21. The summed E-state index contributed by atoms with van der Waals surface area (Å²) in [5, 5.41) is 0.352. The van der Waals surface area contributed by atoms with Gasteiger partial charge in [0.25, 0.3) is 0 Å². The van der Waals surface area contributed by atoms with Crippen LogP contribution in [0.2, 0.25) is 0 Å². The molecule has 1 aromatic rings. The van der Waals surface area contributed by atoms with E-state index in [4.69, 9.17) is 10.5 Å². The highest BCUT2D eigenvalue weighted by Gasteiger charge is 2.16. The Labute approximate surface area is 96.2 Å². The number of methoxy groups -OCH3 is 1. The predicted molar refractivity (Wildman–Crippen MR) is 67.5 cm³/mol. The van der Waals surface area contributed by atoms with Crippen LogP contribution in [0.5, 0.6) is 5.75 Å². The molecule has 2 nitrogen and oxygen atoms in total. The average Bonchev–Trinajstić information content (AvgIpc) is 2.25. The van der Waals surface area contributed by atoms with Crippen molar-refractivity contribution in [3.63, 3.8) is 0 Å². The second-order valence-electron chi connectivity index (χ2n) is 3.51. The van der Waals surface area contributed by atoms with E-state index >= 15 is 0 Å². The normalized spacial score (nSPS) is 14.7. The molecule has 0 aliphatic rings. The Morgan fingerprint density at radius 1 is 1.47 bits per heavy atom. The monoisotopic (exact) mass is 225 g/mol. The molecular weight excluding hydrogens is 206 g/mol. The van der Waals surface area contributed by atoms with E-state index in [0.717, 1.165) is 11.5 Å². The molecule has 84 valence electrons. The molecule has 0 aromatic heterocycles. The van der Waals surface area contributed by atoms with Crippen molar-refractivity contribution in [1.29, 1.82) is 0 Å². The van der Waals surface area contributed by atoms with Gasteiger partial charge in [0.05, 0.1) is 7.11 Å². The molecule has 0 saturated carbocycles. The van der Waals surface area contributed by atoms with Gasteiger partial charge in [0, 0.05) is 11.3 Å². The van der Waals surface area contributed by atoms with Crippen LogP contribution in [-0.2, 0) is 0 Å². The maximum absolute atomic E-state index is 5.98. The average molecular weight is 225 g/mol. The minimum Gasteiger partial charge on any atom is -0.497 e. The Morgan fingerprint density at radius 2 is 2.20 bits per heavy atom. The molecule has 0 aliphatic heterocycles. The highest BCUT2D eigenvalue weighted by molar-refractivity contribution is 7.99. The third-order valence-corrected chi connectivity index (χ3v) is 3.64. The Balaban J connectivity index is 2.89. The van der Waals surface area contributed by atoms with Crippen LogP contribution in [0.25, 0.3) is 0 Å². The standard InChI is InChI=1S/C12H19NOS/c1-4-15-12(9(2)13)10-6-5-7-11(8-10)14-3/h5-9,12H,4,13H2,1-3H3. The first-order chi connectivity index (χ1) is 7.19. The van der Waals surface area contributed by atoms with Crippen molar-refractivity contribution in [1.82, 2.24) is 0 Å². The van der Waals surface area contributed by atoms with Crippen molar-refractivity contribution in [3.8, 4) is 5.75 Å². The molecule has 2 atom stereocenters. The Hall–Kier alpha value is -0.670. The van der Waals surface area contributed by atoms with Gasteiger partial charge >= 0.3 is 0 Å². The maximum Gasteiger partial charge on any atom is 0.119 e. The number of nitrogens with two attached hydrogens (primary N) is 1. The summed E-state index contributed by atoms with van der Waals surface area (Å²) in [7, 11) is 1.69. The fraction of sp³-hybridized carbons (Fsp3) is 0.500. The van der Waals surface area contributed by atoms with E-state index in [0.29, 0.717) is 5.25 Å². The quantitative estimate of drug-likeness (QED) is 0.837. The highest BCUT2D eigenvalue weighted by Crippen LogP contribution is 2.32. The van der Waals surface area contributed by atoms with Crippen molar-refractivity contribution in [2.24, 2.45) is 5.73 Å². The van der Waals surface area contributed by atoms with Gasteiger partial charge in [0.2, 0.25) is 0 Å². The SMILES string of the molecule is CCSC(c1cccc(OC)c1)C(C)N. The van der Waals surface area contributed by atoms with Crippen LogP contribution in [0.15, 0.2) is 24.3 Å². The van der Waals surface area contributed by atoms with Crippen LogP contribution < -0.4 is 10.5 Å². The summed E-state index contributed by atoms with van der Waals surface area (Å²) in [6.45, 7) is 4.20. The summed E-state index contributed by atoms with van der Waals surface area (Å²) in [5.74, 6) is 1.97. The lowest BCUT2D eigenvalue weighted by molar-refractivity contribution is 0.414. The van der Waals surface area contributed by atoms with E-state index in [9.17, 15) is 0 Å². The topological polar surface area (TPSA) is 35.2 Å². The lowest BCUT2D eigenvalue weighted by atomic mass is 10.1. The van der Waals surface area contributed by atoms with E-state index in [1.165, 1.54) is 5.56 Å². The smallest absolute Gasteiger partial charge is 0.119 e. The number of benzene rings is 1. The summed E-state index contributed by atoms with van der Waals surface area (Å²) in [6, 6.07) is 8.30. The second kappa shape index (κ2) is 6.03. The van der Waals surface area contributed by atoms with E-state index < -0.39 is 0 Å². The van der Waals surface area contributed by atoms with Crippen molar-refractivity contribution in [3.05, 3.63) is 29.8 Å². The van der Waals surface area contributed by atoms with Gasteiger partial charge in [-0.3, -0.25) is 0 Å². The van der Waals surface area contributed by atoms with E-state index in [-0.39, 0.29) is 6.04 Å². The summed E-state index contributed by atoms with van der Waals surface area (Å²) in [4.78, 5) is 0. The highest BCUT2D eigenvalue weighted by atomic mass is 32.2. The van der Waals surface area contributed by atoms with Gasteiger partial charge in [-0.05, 0) is 30.4 Å². The largest absolute Gasteiger partial charge is 0.497 e. The molecular formula is C12H19NOS. The number of hydrogen-bond acceptors (Lipinski definition) is 3. The molecule has 1 rings (SSSR count). The molecule has 0 aliphatic carbocycles. The first-order valence-electron chi connectivity index (χ1n) is 5.20. The van der Waals surface area contributed by atoms with Gasteiger partial charge in [0.1, 0.15) is 5.75 Å². The molecule has 0 radical (unpaired) electrons. The first-order valence-corrected chi connectivity index (χ1v) is 6.25. The molecule has 2 unspecified atom stereocenters. The maximum atomic E-state index is 5.98. The molecule has 1 aromatic carbocycles. The third-order valence-electron chi connectivity index (χ3n) is 2.25. The van der Waals surface area contributed by atoms with Gasteiger partial charge in [-0.1, -0.05) is 19.1 Å². The van der Waals surface area contributed by atoms with Gasteiger partial charge < -0.3 is 10.5 Å². The Kier molecular flexibility index (Phi) is 4.99. The van der Waals surface area contributed by atoms with Crippen LogP contribution >= 0.6 is 11.8 Å². The fourth-order valence-corrected chi connectivity index (χ4v) is 2.55. The van der Waals surface area contributed by atoms with E-state index in [1.54, 1.807) is 7.11 Å². The van der Waals surface area contributed by atoms with E-state index in [2.05, 4.69) is 19.1 Å². The van der Waals surface area contributed by atoms with Crippen molar-refractivity contribution < 1.29 is 4.74 Å². The minimum atomic E-state index is 0.155. The van der Waals surface area contributed by atoms with Crippen LogP contribution in [0, 0.1) is 0 Å². The molecule has 0 saturated heterocycles. The first kappa shape index (κ1) is 12.4.